The van der Waals surface area contributed by atoms with Gasteiger partial charge in [0.1, 0.15) is 6.54 Å². The number of carbonyl (C=O) groups excluding carboxylic acids is 1. The van der Waals surface area contributed by atoms with Gasteiger partial charge in [-0.05, 0) is 39.2 Å². The first-order valence-electron chi connectivity index (χ1n) is 7.56. The van der Waals surface area contributed by atoms with Crippen LogP contribution in [0.3, 0.4) is 0 Å². The highest BCUT2D eigenvalue weighted by Crippen LogP contribution is 2.35. The average Bonchev–Trinajstić information content (AvgIpc) is 2.95. The lowest BCUT2D eigenvalue weighted by atomic mass is 10.2. The Labute approximate surface area is 142 Å². The predicted octanol–water partition coefficient (Wildman–Crippen LogP) is 0.249. The summed E-state index contributed by atoms with van der Waals surface area (Å²) >= 11 is 0. The third kappa shape index (κ3) is 5.00. The summed E-state index contributed by atoms with van der Waals surface area (Å²) in [6.45, 7) is 1.17. The molecule has 0 radical (unpaired) electrons. The van der Waals surface area contributed by atoms with Gasteiger partial charge in [-0.2, -0.15) is 0 Å². The number of nitrogens with zero attached hydrogens (tertiary/aromatic N) is 2. The van der Waals surface area contributed by atoms with Crippen LogP contribution in [0.1, 0.15) is 6.42 Å². The van der Waals surface area contributed by atoms with E-state index in [-0.39, 0.29) is 19.2 Å². The number of anilines is 1. The fourth-order valence-corrected chi connectivity index (χ4v) is 3.10. The fourth-order valence-electron chi connectivity index (χ4n) is 2.25. The standard InChI is InChI=1S/C15H23N3O5S/c1-17(2)8-4-7-16-15(19)10-18(24(3,20)21)12-5-6-13-14(9-12)23-11-22-13/h5-6,9H,4,7-8,10-11H2,1-3H3,(H,16,19). The molecule has 0 spiro atoms. The summed E-state index contributed by atoms with van der Waals surface area (Å²) in [7, 11) is 0.296. The van der Waals surface area contributed by atoms with Crippen LogP contribution in [0.5, 0.6) is 11.5 Å². The molecule has 0 aromatic heterocycles. The second kappa shape index (κ2) is 7.71. The molecule has 8 nitrogen and oxygen atoms in total. The van der Waals surface area contributed by atoms with E-state index in [1.165, 1.54) is 0 Å². The summed E-state index contributed by atoms with van der Waals surface area (Å²) in [6.07, 6.45) is 1.86. The van der Waals surface area contributed by atoms with Gasteiger partial charge >= 0.3 is 0 Å². The van der Waals surface area contributed by atoms with Gasteiger partial charge < -0.3 is 19.7 Å². The molecule has 1 heterocycles. The lowest BCUT2D eigenvalue weighted by Crippen LogP contribution is -2.41. The van der Waals surface area contributed by atoms with Crippen LogP contribution in [0.2, 0.25) is 0 Å². The molecule has 1 aromatic rings. The van der Waals surface area contributed by atoms with Gasteiger partial charge in [0.05, 0.1) is 11.9 Å². The van der Waals surface area contributed by atoms with Gasteiger partial charge in [-0.3, -0.25) is 9.10 Å². The van der Waals surface area contributed by atoms with Crippen molar-refractivity contribution in [3.63, 3.8) is 0 Å². The molecular formula is C15H23N3O5S. The normalized spacial score (nSPS) is 13.2. The summed E-state index contributed by atoms with van der Waals surface area (Å²) in [5, 5.41) is 2.74. The molecule has 1 amide bonds. The van der Waals surface area contributed by atoms with Crippen molar-refractivity contribution in [2.24, 2.45) is 0 Å². The number of ether oxygens (including phenoxy) is 2. The monoisotopic (exact) mass is 357 g/mol. The Kier molecular flexibility index (Phi) is 5.89. The predicted molar refractivity (Wildman–Crippen MR) is 90.9 cm³/mol. The number of nitrogens with one attached hydrogen (secondary N) is 1. The maximum atomic E-state index is 12.1. The Balaban J connectivity index is 2.03. The molecule has 24 heavy (non-hydrogen) atoms. The van der Waals surface area contributed by atoms with Gasteiger partial charge in [-0.25, -0.2) is 8.42 Å². The summed E-state index contributed by atoms with van der Waals surface area (Å²) in [5.41, 5.74) is 0.366. The molecule has 9 heteroatoms. The lowest BCUT2D eigenvalue weighted by molar-refractivity contribution is -0.119. The summed E-state index contributed by atoms with van der Waals surface area (Å²) < 4.78 is 35.6. The number of amides is 1. The van der Waals surface area contributed by atoms with E-state index in [4.69, 9.17) is 9.47 Å². The van der Waals surface area contributed by atoms with Crippen molar-refractivity contribution in [3.05, 3.63) is 18.2 Å². The van der Waals surface area contributed by atoms with Crippen LogP contribution in [-0.4, -0.2) is 66.0 Å². The number of hydrogen-bond acceptors (Lipinski definition) is 6. The minimum absolute atomic E-state index is 0.101. The number of carbonyl (C=O) groups is 1. The van der Waals surface area contributed by atoms with E-state index in [1.54, 1.807) is 18.2 Å². The minimum atomic E-state index is -3.61. The summed E-state index contributed by atoms with van der Waals surface area (Å²) in [4.78, 5) is 14.1. The van der Waals surface area contributed by atoms with Gasteiger partial charge in [0, 0.05) is 12.6 Å². The second-order valence-electron chi connectivity index (χ2n) is 5.81. The van der Waals surface area contributed by atoms with Crippen LogP contribution < -0.4 is 19.1 Å². The number of fused-ring (bicyclic) bond motifs is 1. The molecule has 0 aliphatic carbocycles. The van der Waals surface area contributed by atoms with E-state index in [0.29, 0.717) is 23.7 Å². The Bertz CT molecular complexity index is 690. The van der Waals surface area contributed by atoms with Gasteiger partial charge in [0.2, 0.25) is 22.7 Å². The topological polar surface area (TPSA) is 88.2 Å². The third-order valence-electron chi connectivity index (χ3n) is 3.44. The van der Waals surface area contributed by atoms with Crippen LogP contribution in [0, 0.1) is 0 Å². The Morgan fingerprint density at radius 2 is 1.96 bits per heavy atom. The second-order valence-corrected chi connectivity index (χ2v) is 7.72. The van der Waals surface area contributed by atoms with Crippen molar-refractivity contribution in [2.75, 3.05) is 51.1 Å². The minimum Gasteiger partial charge on any atom is -0.454 e. The van der Waals surface area contributed by atoms with Crippen molar-refractivity contribution < 1.29 is 22.7 Å². The van der Waals surface area contributed by atoms with Crippen molar-refractivity contribution >= 4 is 21.6 Å². The zero-order valence-corrected chi connectivity index (χ0v) is 14.9. The van der Waals surface area contributed by atoms with Crippen LogP contribution in [0.15, 0.2) is 18.2 Å². The van der Waals surface area contributed by atoms with Crippen molar-refractivity contribution in [1.29, 1.82) is 0 Å². The number of hydrogen-bond donors (Lipinski definition) is 1. The van der Waals surface area contributed by atoms with Crippen molar-refractivity contribution in [1.82, 2.24) is 10.2 Å². The van der Waals surface area contributed by atoms with Crippen LogP contribution in [0.4, 0.5) is 5.69 Å². The molecule has 2 rings (SSSR count). The zero-order valence-electron chi connectivity index (χ0n) is 14.1. The summed E-state index contributed by atoms with van der Waals surface area (Å²) in [5.74, 6) is 0.671. The van der Waals surface area contributed by atoms with Gasteiger partial charge in [-0.15, -0.1) is 0 Å². The van der Waals surface area contributed by atoms with Crippen LogP contribution >= 0.6 is 0 Å². The molecule has 1 aliphatic rings. The van der Waals surface area contributed by atoms with E-state index >= 15 is 0 Å². The molecule has 1 aromatic carbocycles. The average molecular weight is 357 g/mol. The maximum absolute atomic E-state index is 12.1. The highest BCUT2D eigenvalue weighted by atomic mass is 32.2. The summed E-state index contributed by atoms with van der Waals surface area (Å²) in [6, 6.07) is 4.78. The Morgan fingerprint density at radius 1 is 1.25 bits per heavy atom. The largest absolute Gasteiger partial charge is 0.454 e. The third-order valence-corrected chi connectivity index (χ3v) is 4.58. The first-order valence-corrected chi connectivity index (χ1v) is 9.41. The maximum Gasteiger partial charge on any atom is 0.240 e. The first-order chi connectivity index (χ1) is 11.3. The number of sulfonamides is 1. The molecule has 0 fully saturated rings. The lowest BCUT2D eigenvalue weighted by Gasteiger charge is -2.22. The highest BCUT2D eigenvalue weighted by Gasteiger charge is 2.23. The number of benzene rings is 1. The van der Waals surface area contributed by atoms with E-state index in [1.807, 2.05) is 19.0 Å². The highest BCUT2D eigenvalue weighted by molar-refractivity contribution is 7.92. The van der Waals surface area contributed by atoms with Crippen molar-refractivity contribution in [3.8, 4) is 11.5 Å². The fraction of sp³-hybridized carbons (Fsp3) is 0.533. The van der Waals surface area contributed by atoms with E-state index < -0.39 is 10.0 Å². The zero-order chi connectivity index (χ0) is 17.7. The first kappa shape index (κ1) is 18.3. The quantitative estimate of drug-likeness (QED) is 0.671. The molecule has 0 atom stereocenters. The van der Waals surface area contributed by atoms with Crippen LogP contribution in [-0.2, 0) is 14.8 Å². The SMILES string of the molecule is CN(C)CCCNC(=O)CN(c1ccc2c(c1)OCO2)S(C)(=O)=O. The molecule has 0 saturated heterocycles. The van der Waals surface area contributed by atoms with E-state index in [2.05, 4.69) is 5.32 Å². The molecule has 1 N–H and O–H groups in total. The van der Waals surface area contributed by atoms with Crippen LogP contribution in [0.25, 0.3) is 0 Å². The Hall–Kier alpha value is -2.00. The molecular weight excluding hydrogens is 334 g/mol. The molecule has 1 aliphatic heterocycles. The number of rotatable bonds is 8. The molecule has 0 bridgehead atoms. The van der Waals surface area contributed by atoms with Gasteiger partial charge in [-0.1, -0.05) is 0 Å². The molecule has 0 unspecified atom stereocenters. The van der Waals surface area contributed by atoms with E-state index in [9.17, 15) is 13.2 Å². The smallest absolute Gasteiger partial charge is 0.240 e. The molecule has 134 valence electrons. The Morgan fingerprint density at radius 3 is 2.62 bits per heavy atom. The van der Waals surface area contributed by atoms with E-state index in [0.717, 1.165) is 23.5 Å². The van der Waals surface area contributed by atoms with Gasteiger partial charge in [0.15, 0.2) is 11.5 Å². The van der Waals surface area contributed by atoms with Gasteiger partial charge in [0.25, 0.3) is 0 Å². The molecule has 0 saturated carbocycles. The van der Waals surface area contributed by atoms with Crippen molar-refractivity contribution in [2.45, 2.75) is 6.42 Å².